The van der Waals surface area contributed by atoms with Gasteiger partial charge in [0.05, 0.1) is 5.75 Å². The second-order valence-electron chi connectivity index (χ2n) is 3.91. The fourth-order valence-electron chi connectivity index (χ4n) is 1.84. The summed E-state index contributed by atoms with van der Waals surface area (Å²) in [4.78, 5) is 2.21. The van der Waals surface area contributed by atoms with Gasteiger partial charge in [-0.15, -0.1) is 11.6 Å². The molecule has 1 aliphatic rings. The number of sulfonamides is 1. The van der Waals surface area contributed by atoms with Crippen LogP contribution in [0.15, 0.2) is 0 Å². The van der Waals surface area contributed by atoms with Gasteiger partial charge in [-0.25, -0.2) is 8.42 Å². The maximum Gasteiger partial charge on any atom is 0.215 e. The molecule has 1 unspecified atom stereocenters. The molecule has 0 bridgehead atoms. The summed E-state index contributed by atoms with van der Waals surface area (Å²) in [6.45, 7) is 4.08. The standard InChI is InChI=1S/C9H19ClN2O2S/c1-3-9-8-12(6-5-11(9)2)15(13,14)7-4-10/h9H,3-8H2,1-2H3. The Morgan fingerprint density at radius 2 is 2.07 bits per heavy atom. The number of nitrogens with zero attached hydrogens (tertiary/aromatic N) is 2. The number of likely N-dealkylation sites (N-methyl/N-ethyl adjacent to an activating group) is 1. The van der Waals surface area contributed by atoms with Gasteiger partial charge in [0.1, 0.15) is 0 Å². The lowest BCUT2D eigenvalue weighted by atomic mass is 10.1. The van der Waals surface area contributed by atoms with Crippen LogP contribution in [0.5, 0.6) is 0 Å². The van der Waals surface area contributed by atoms with Gasteiger partial charge in [0.2, 0.25) is 10.0 Å². The number of piperazine rings is 1. The Labute approximate surface area is 97.2 Å². The van der Waals surface area contributed by atoms with Gasteiger partial charge in [-0.3, -0.25) is 0 Å². The first-order valence-electron chi connectivity index (χ1n) is 5.25. The van der Waals surface area contributed by atoms with Gasteiger partial charge in [0.15, 0.2) is 0 Å². The van der Waals surface area contributed by atoms with E-state index in [1.165, 1.54) is 0 Å². The quantitative estimate of drug-likeness (QED) is 0.690. The molecule has 90 valence electrons. The molecular formula is C9H19ClN2O2S. The average Bonchev–Trinajstić information content (AvgIpc) is 2.18. The molecule has 0 N–H and O–H groups in total. The highest BCUT2D eigenvalue weighted by Crippen LogP contribution is 2.14. The van der Waals surface area contributed by atoms with E-state index in [1.807, 2.05) is 7.05 Å². The summed E-state index contributed by atoms with van der Waals surface area (Å²) in [5.41, 5.74) is 0. The number of alkyl halides is 1. The van der Waals surface area contributed by atoms with Crippen LogP contribution < -0.4 is 0 Å². The molecule has 0 spiro atoms. The topological polar surface area (TPSA) is 40.6 Å². The van der Waals surface area contributed by atoms with Crippen LogP contribution in [-0.2, 0) is 10.0 Å². The van der Waals surface area contributed by atoms with E-state index in [4.69, 9.17) is 11.6 Å². The van der Waals surface area contributed by atoms with Crippen molar-refractivity contribution < 1.29 is 8.42 Å². The second-order valence-corrected chi connectivity index (χ2v) is 6.37. The molecule has 1 rings (SSSR count). The third-order valence-corrected chi connectivity index (χ3v) is 5.19. The molecule has 6 heteroatoms. The van der Waals surface area contributed by atoms with Gasteiger partial charge < -0.3 is 4.90 Å². The van der Waals surface area contributed by atoms with E-state index in [9.17, 15) is 8.42 Å². The van der Waals surface area contributed by atoms with Crippen molar-refractivity contribution >= 4 is 21.6 Å². The maximum atomic E-state index is 11.8. The molecule has 0 aromatic heterocycles. The fraction of sp³-hybridized carbons (Fsp3) is 1.00. The van der Waals surface area contributed by atoms with Gasteiger partial charge in [0.25, 0.3) is 0 Å². The molecule has 1 aliphatic heterocycles. The zero-order chi connectivity index (χ0) is 11.5. The zero-order valence-corrected chi connectivity index (χ0v) is 10.9. The summed E-state index contributed by atoms with van der Waals surface area (Å²) in [6, 6.07) is 0.337. The smallest absolute Gasteiger partial charge is 0.215 e. The van der Waals surface area contributed by atoms with Crippen LogP contribution in [0.25, 0.3) is 0 Å². The van der Waals surface area contributed by atoms with Crippen molar-refractivity contribution in [2.24, 2.45) is 0 Å². The van der Waals surface area contributed by atoms with Crippen LogP contribution >= 0.6 is 11.6 Å². The van der Waals surface area contributed by atoms with Crippen molar-refractivity contribution in [2.75, 3.05) is 38.3 Å². The Hall–Kier alpha value is 0.160. The van der Waals surface area contributed by atoms with E-state index in [2.05, 4.69) is 11.8 Å². The molecule has 1 heterocycles. The van der Waals surface area contributed by atoms with Crippen LogP contribution in [0.3, 0.4) is 0 Å². The van der Waals surface area contributed by atoms with Gasteiger partial charge in [-0.2, -0.15) is 4.31 Å². The highest BCUT2D eigenvalue weighted by Gasteiger charge is 2.30. The third-order valence-electron chi connectivity index (χ3n) is 2.94. The van der Waals surface area contributed by atoms with Crippen LogP contribution in [-0.4, -0.2) is 62.0 Å². The highest BCUT2D eigenvalue weighted by molar-refractivity contribution is 7.89. The minimum Gasteiger partial charge on any atom is -0.301 e. The lowest BCUT2D eigenvalue weighted by Gasteiger charge is -2.38. The number of halogens is 1. The van der Waals surface area contributed by atoms with E-state index in [0.717, 1.165) is 13.0 Å². The molecule has 0 aromatic carbocycles. The Kier molecular flexibility index (Phi) is 4.83. The lowest BCUT2D eigenvalue weighted by molar-refractivity contribution is 0.144. The summed E-state index contributed by atoms with van der Waals surface area (Å²) in [7, 11) is -1.08. The summed E-state index contributed by atoms with van der Waals surface area (Å²) >= 11 is 5.49. The first-order valence-corrected chi connectivity index (χ1v) is 7.39. The third kappa shape index (κ3) is 3.31. The first-order chi connectivity index (χ1) is 7.01. The van der Waals surface area contributed by atoms with Crippen molar-refractivity contribution in [1.29, 1.82) is 0 Å². The summed E-state index contributed by atoms with van der Waals surface area (Å²) in [6.07, 6.45) is 0.976. The molecule has 0 aliphatic carbocycles. The second kappa shape index (κ2) is 5.48. The largest absolute Gasteiger partial charge is 0.301 e. The average molecular weight is 255 g/mol. The van der Waals surface area contributed by atoms with E-state index < -0.39 is 10.0 Å². The SMILES string of the molecule is CCC1CN(S(=O)(=O)CCCl)CCN1C. The Morgan fingerprint density at radius 3 is 2.60 bits per heavy atom. The number of hydrogen-bond donors (Lipinski definition) is 0. The number of hydrogen-bond acceptors (Lipinski definition) is 3. The summed E-state index contributed by atoms with van der Waals surface area (Å²) in [5, 5.41) is 0. The van der Waals surface area contributed by atoms with Crippen molar-refractivity contribution in [2.45, 2.75) is 19.4 Å². The fourth-order valence-corrected chi connectivity index (χ4v) is 3.63. The van der Waals surface area contributed by atoms with E-state index in [0.29, 0.717) is 19.1 Å². The Morgan fingerprint density at radius 1 is 1.40 bits per heavy atom. The van der Waals surface area contributed by atoms with Crippen LogP contribution in [0, 0.1) is 0 Å². The van der Waals surface area contributed by atoms with Gasteiger partial charge in [0, 0.05) is 31.6 Å². The first kappa shape index (κ1) is 13.2. The van der Waals surface area contributed by atoms with Crippen molar-refractivity contribution in [3.63, 3.8) is 0 Å². The molecule has 1 saturated heterocycles. The summed E-state index contributed by atoms with van der Waals surface area (Å²) < 4.78 is 25.1. The number of rotatable bonds is 4. The molecule has 1 atom stereocenters. The Balaban J connectivity index is 2.66. The van der Waals surface area contributed by atoms with Gasteiger partial charge >= 0.3 is 0 Å². The van der Waals surface area contributed by atoms with Gasteiger partial charge in [-0.05, 0) is 13.5 Å². The molecule has 0 saturated carbocycles. The van der Waals surface area contributed by atoms with Crippen LogP contribution in [0.4, 0.5) is 0 Å². The van der Waals surface area contributed by atoms with Crippen molar-refractivity contribution in [1.82, 2.24) is 9.21 Å². The predicted molar refractivity (Wildman–Crippen MR) is 62.8 cm³/mol. The van der Waals surface area contributed by atoms with Crippen molar-refractivity contribution in [3.05, 3.63) is 0 Å². The normalized spacial score (nSPS) is 25.7. The Bertz CT molecular complexity index is 294. The highest BCUT2D eigenvalue weighted by atomic mass is 35.5. The van der Waals surface area contributed by atoms with Crippen LogP contribution in [0.2, 0.25) is 0 Å². The van der Waals surface area contributed by atoms with Crippen molar-refractivity contribution in [3.8, 4) is 0 Å². The minimum atomic E-state index is -3.13. The molecular weight excluding hydrogens is 236 g/mol. The zero-order valence-electron chi connectivity index (χ0n) is 9.32. The van der Waals surface area contributed by atoms with Gasteiger partial charge in [-0.1, -0.05) is 6.92 Å². The van der Waals surface area contributed by atoms with Crippen LogP contribution in [0.1, 0.15) is 13.3 Å². The molecule has 4 nitrogen and oxygen atoms in total. The maximum absolute atomic E-state index is 11.8. The minimum absolute atomic E-state index is 0.0503. The molecule has 0 aromatic rings. The van der Waals surface area contributed by atoms with E-state index in [-0.39, 0.29) is 11.6 Å². The summed E-state index contributed by atoms with van der Waals surface area (Å²) in [5.74, 6) is 0.222. The van der Waals surface area contributed by atoms with E-state index in [1.54, 1.807) is 4.31 Å². The van der Waals surface area contributed by atoms with E-state index >= 15 is 0 Å². The predicted octanol–water partition coefficient (Wildman–Crippen LogP) is 0.581. The molecule has 15 heavy (non-hydrogen) atoms. The molecule has 1 fully saturated rings. The lowest BCUT2D eigenvalue weighted by Crippen LogP contribution is -2.53. The monoisotopic (exact) mass is 254 g/mol. The molecule has 0 amide bonds. The molecule has 0 radical (unpaired) electrons.